The molecule has 0 amide bonds. The van der Waals surface area contributed by atoms with Crippen LogP contribution in [0.1, 0.15) is 23.8 Å². The number of hydrogen-bond donors (Lipinski definition) is 0. The summed E-state index contributed by atoms with van der Waals surface area (Å²) in [5.41, 5.74) is 2.57. The van der Waals surface area contributed by atoms with Crippen molar-refractivity contribution in [1.29, 1.82) is 0 Å². The van der Waals surface area contributed by atoms with Crippen molar-refractivity contribution in [2.75, 3.05) is 0 Å². The Kier molecular flexibility index (Phi) is 2.68. The molecule has 2 aromatic rings. The maximum Gasteiger partial charge on any atom is 0.108 e. The highest BCUT2D eigenvalue weighted by Crippen LogP contribution is 2.13. The topological polar surface area (TPSA) is 13.1 Å². The summed E-state index contributed by atoms with van der Waals surface area (Å²) in [6, 6.07) is 12.5. The largest absolute Gasteiger partial charge is 0.469 e. The van der Waals surface area contributed by atoms with E-state index in [0.717, 1.165) is 18.6 Å². The van der Waals surface area contributed by atoms with Crippen LogP contribution in [0.4, 0.5) is 0 Å². The molecule has 1 aromatic carbocycles. The van der Waals surface area contributed by atoms with Gasteiger partial charge >= 0.3 is 0 Å². The van der Waals surface area contributed by atoms with Crippen molar-refractivity contribution in [1.82, 2.24) is 0 Å². The second-order valence-corrected chi connectivity index (χ2v) is 3.44. The summed E-state index contributed by atoms with van der Waals surface area (Å²) in [6.45, 7) is 2.14. The first-order chi connectivity index (χ1) is 6.88. The molecule has 0 radical (unpaired) electrons. The van der Waals surface area contributed by atoms with Gasteiger partial charge in [-0.15, -0.1) is 0 Å². The maximum atomic E-state index is 5.46. The zero-order valence-corrected chi connectivity index (χ0v) is 8.36. The van der Waals surface area contributed by atoms with E-state index in [1.165, 1.54) is 11.1 Å². The van der Waals surface area contributed by atoms with Crippen molar-refractivity contribution in [3.05, 3.63) is 59.5 Å². The number of hydrogen-bond acceptors (Lipinski definition) is 1. The lowest BCUT2D eigenvalue weighted by molar-refractivity contribution is 0.519. The van der Waals surface area contributed by atoms with Crippen molar-refractivity contribution >= 4 is 0 Å². The molecule has 0 aliphatic heterocycles. The quantitative estimate of drug-likeness (QED) is 0.715. The van der Waals surface area contributed by atoms with Crippen LogP contribution >= 0.6 is 0 Å². The minimum atomic E-state index is 0.890. The summed E-state index contributed by atoms with van der Waals surface area (Å²) in [5, 5.41) is 0. The van der Waals surface area contributed by atoms with E-state index >= 15 is 0 Å². The molecule has 0 aliphatic carbocycles. The van der Waals surface area contributed by atoms with Gasteiger partial charge in [0, 0.05) is 6.42 Å². The maximum absolute atomic E-state index is 5.46. The lowest BCUT2D eigenvalue weighted by Gasteiger charge is -1.95. The van der Waals surface area contributed by atoms with Gasteiger partial charge in [0.15, 0.2) is 0 Å². The fraction of sp³-hybridized carbons (Fsp3) is 0.231. The fourth-order valence-corrected chi connectivity index (χ4v) is 1.50. The van der Waals surface area contributed by atoms with Crippen LogP contribution in [-0.4, -0.2) is 0 Å². The van der Waals surface area contributed by atoms with E-state index in [1.54, 1.807) is 0 Å². The van der Waals surface area contributed by atoms with Crippen LogP contribution in [-0.2, 0) is 12.8 Å². The van der Waals surface area contributed by atoms with Gasteiger partial charge < -0.3 is 4.42 Å². The van der Waals surface area contributed by atoms with E-state index in [0.29, 0.717) is 0 Å². The highest BCUT2D eigenvalue weighted by Gasteiger charge is 2.00. The van der Waals surface area contributed by atoms with Crippen LogP contribution < -0.4 is 0 Å². The summed E-state index contributed by atoms with van der Waals surface area (Å²) >= 11 is 0. The third-order valence-electron chi connectivity index (χ3n) is 2.34. The first-order valence-electron chi connectivity index (χ1n) is 4.98. The molecule has 14 heavy (non-hydrogen) atoms. The zero-order valence-electron chi connectivity index (χ0n) is 8.36. The van der Waals surface area contributed by atoms with Gasteiger partial charge in [-0.25, -0.2) is 0 Å². The molecule has 0 fully saturated rings. The van der Waals surface area contributed by atoms with Crippen LogP contribution in [0.3, 0.4) is 0 Å². The van der Waals surface area contributed by atoms with Crippen molar-refractivity contribution in [2.24, 2.45) is 0 Å². The molecule has 1 aromatic heterocycles. The molecule has 72 valence electrons. The Morgan fingerprint density at radius 2 is 1.86 bits per heavy atom. The Labute approximate surface area is 84.4 Å². The number of benzene rings is 1. The molecule has 1 heteroatoms. The van der Waals surface area contributed by atoms with Crippen molar-refractivity contribution in [2.45, 2.75) is 19.8 Å². The second kappa shape index (κ2) is 4.14. The van der Waals surface area contributed by atoms with Gasteiger partial charge in [0.05, 0.1) is 6.26 Å². The molecular formula is C13H14O. The Bertz CT molecular complexity index is 387. The van der Waals surface area contributed by atoms with E-state index in [9.17, 15) is 0 Å². The second-order valence-electron chi connectivity index (χ2n) is 3.44. The molecule has 2 rings (SSSR count). The summed E-state index contributed by atoms with van der Waals surface area (Å²) in [6.07, 6.45) is 3.78. The summed E-state index contributed by atoms with van der Waals surface area (Å²) in [7, 11) is 0. The standard InChI is InChI=1S/C13H14O/c1-2-11-8-13(14-10-11)9-12-6-4-3-5-7-12/h3-8,10H,2,9H2,1H3. The molecule has 0 N–H and O–H groups in total. The Hall–Kier alpha value is -1.50. The third kappa shape index (κ3) is 2.05. The Balaban J connectivity index is 2.11. The number of furan rings is 1. The van der Waals surface area contributed by atoms with E-state index in [4.69, 9.17) is 4.42 Å². The highest BCUT2D eigenvalue weighted by atomic mass is 16.3. The monoisotopic (exact) mass is 186 g/mol. The van der Waals surface area contributed by atoms with Crippen molar-refractivity contribution in [3.8, 4) is 0 Å². The van der Waals surface area contributed by atoms with Crippen LogP contribution in [0.2, 0.25) is 0 Å². The smallest absolute Gasteiger partial charge is 0.108 e. The average Bonchev–Trinajstić information content (AvgIpc) is 2.67. The van der Waals surface area contributed by atoms with E-state index in [1.807, 2.05) is 12.3 Å². The lowest BCUT2D eigenvalue weighted by Crippen LogP contribution is -1.83. The molecule has 0 atom stereocenters. The van der Waals surface area contributed by atoms with Gasteiger partial charge in [-0.05, 0) is 23.6 Å². The summed E-state index contributed by atoms with van der Waals surface area (Å²) in [5.74, 6) is 1.05. The Morgan fingerprint density at radius 1 is 1.07 bits per heavy atom. The molecule has 0 unspecified atom stereocenters. The molecule has 1 heterocycles. The molecular weight excluding hydrogens is 172 g/mol. The van der Waals surface area contributed by atoms with Gasteiger partial charge in [-0.2, -0.15) is 0 Å². The average molecular weight is 186 g/mol. The first-order valence-corrected chi connectivity index (χ1v) is 4.98. The molecule has 1 nitrogen and oxygen atoms in total. The van der Waals surface area contributed by atoms with Gasteiger partial charge in [-0.3, -0.25) is 0 Å². The lowest BCUT2D eigenvalue weighted by atomic mass is 10.1. The minimum absolute atomic E-state index is 0.890. The summed E-state index contributed by atoms with van der Waals surface area (Å²) in [4.78, 5) is 0. The van der Waals surface area contributed by atoms with Crippen molar-refractivity contribution in [3.63, 3.8) is 0 Å². The fourth-order valence-electron chi connectivity index (χ4n) is 1.50. The SMILES string of the molecule is CCc1coc(Cc2ccccc2)c1. The molecule has 0 aliphatic rings. The van der Waals surface area contributed by atoms with Crippen LogP contribution in [0.5, 0.6) is 0 Å². The zero-order chi connectivity index (χ0) is 9.80. The van der Waals surface area contributed by atoms with Gasteiger partial charge in [0.25, 0.3) is 0 Å². The molecule has 0 bridgehead atoms. The highest BCUT2D eigenvalue weighted by molar-refractivity contribution is 5.22. The van der Waals surface area contributed by atoms with Crippen LogP contribution in [0.15, 0.2) is 47.1 Å². The third-order valence-corrected chi connectivity index (χ3v) is 2.34. The predicted molar refractivity (Wildman–Crippen MR) is 57.3 cm³/mol. The predicted octanol–water partition coefficient (Wildman–Crippen LogP) is 3.43. The Morgan fingerprint density at radius 3 is 2.50 bits per heavy atom. The van der Waals surface area contributed by atoms with E-state index in [-0.39, 0.29) is 0 Å². The van der Waals surface area contributed by atoms with E-state index < -0.39 is 0 Å². The van der Waals surface area contributed by atoms with Gasteiger partial charge in [-0.1, -0.05) is 37.3 Å². The van der Waals surface area contributed by atoms with Crippen molar-refractivity contribution < 1.29 is 4.42 Å². The minimum Gasteiger partial charge on any atom is -0.469 e. The number of aryl methyl sites for hydroxylation is 1. The van der Waals surface area contributed by atoms with Gasteiger partial charge in [0.2, 0.25) is 0 Å². The van der Waals surface area contributed by atoms with Gasteiger partial charge in [0.1, 0.15) is 5.76 Å². The van der Waals surface area contributed by atoms with Crippen LogP contribution in [0.25, 0.3) is 0 Å². The van der Waals surface area contributed by atoms with E-state index in [2.05, 4.69) is 37.3 Å². The summed E-state index contributed by atoms with van der Waals surface area (Å²) < 4.78 is 5.46. The molecule has 0 saturated heterocycles. The van der Waals surface area contributed by atoms with Crippen LogP contribution in [0, 0.1) is 0 Å². The normalized spacial score (nSPS) is 10.4. The molecule has 0 spiro atoms. The number of rotatable bonds is 3. The molecule has 0 saturated carbocycles. The first kappa shape index (κ1) is 9.07.